The van der Waals surface area contributed by atoms with E-state index in [1.54, 1.807) is 11.6 Å². The summed E-state index contributed by atoms with van der Waals surface area (Å²) in [5.41, 5.74) is 5.86. The Morgan fingerprint density at radius 1 is 1.64 bits per heavy atom. The Bertz CT molecular complexity index is 485. The van der Waals surface area contributed by atoms with Crippen LogP contribution < -0.4 is 16.4 Å². The fraction of sp³-hybridized carbons (Fsp3) is 0.600. The molecule has 10 nitrogen and oxygen atoms in total. The normalized spacial score (nSPS) is 13.4. The SMILES string of the molecule is C[C@H](CCNC/N=N/[N+](=O)[O-])[C@H](N)C(=O)Nc1nccs1.Cl. The highest BCUT2D eigenvalue weighted by molar-refractivity contribution is 7.13. The topological polar surface area (TPSA) is 148 Å². The molecule has 1 aromatic rings. The average Bonchev–Trinajstić information content (AvgIpc) is 2.94. The molecular formula is C10H18ClN7O3S. The van der Waals surface area contributed by atoms with Crippen molar-refractivity contribution < 1.29 is 9.83 Å². The second-order valence-electron chi connectivity index (χ2n) is 4.25. The summed E-state index contributed by atoms with van der Waals surface area (Å²) in [6.45, 7) is 2.43. The van der Waals surface area contributed by atoms with Gasteiger partial charge in [0.1, 0.15) is 0 Å². The van der Waals surface area contributed by atoms with E-state index >= 15 is 0 Å². The van der Waals surface area contributed by atoms with Gasteiger partial charge in [0, 0.05) is 11.6 Å². The van der Waals surface area contributed by atoms with Crippen molar-refractivity contribution in [1.29, 1.82) is 0 Å². The van der Waals surface area contributed by atoms with Crippen molar-refractivity contribution in [3.8, 4) is 0 Å². The molecule has 0 aliphatic heterocycles. The molecule has 0 fully saturated rings. The van der Waals surface area contributed by atoms with E-state index < -0.39 is 11.1 Å². The molecule has 0 aliphatic rings. The molecule has 0 saturated heterocycles. The summed E-state index contributed by atoms with van der Waals surface area (Å²) in [6, 6.07) is -0.656. The summed E-state index contributed by atoms with van der Waals surface area (Å²) >= 11 is 1.32. The van der Waals surface area contributed by atoms with Crippen molar-refractivity contribution in [2.75, 3.05) is 18.5 Å². The van der Waals surface area contributed by atoms with Crippen LogP contribution in [0.5, 0.6) is 0 Å². The van der Waals surface area contributed by atoms with Crippen molar-refractivity contribution in [2.24, 2.45) is 22.0 Å². The van der Waals surface area contributed by atoms with E-state index in [9.17, 15) is 14.9 Å². The lowest BCUT2D eigenvalue weighted by molar-refractivity contribution is -0.494. The number of nitro groups is 1. The molecule has 0 unspecified atom stereocenters. The Hall–Kier alpha value is -1.69. The number of nitrogens with one attached hydrogen (secondary N) is 2. The Kier molecular flexibility index (Phi) is 10.1. The minimum Gasteiger partial charge on any atom is -0.337 e. The van der Waals surface area contributed by atoms with Crippen LogP contribution in [-0.2, 0) is 4.79 Å². The average molecular weight is 352 g/mol. The van der Waals surface area contributed by atoms with E-state index in [2.05, 4.69) is 26.0 Å². The smallest absolute Gasteiger partial charge is 0.243 e. The van der Waals surface area contributed by atoms with Gasteiger partial charge in [0.2, 0.25) is 12.6 Å². The predicted octanol–water partition coefficient (Wildman–Crippen LogP) is 1.05. The van der Waals surface area contributed by atoms with Crippen LogP contribution in [0.4, 0.5) is 5.13 Å². The minimum atomic E-state index is -0.872. The first-order valence-corrected chi connectivity index (χ1v) is 7.07. The van der Waals surface area contributed by atoms with Gasteiger partial charge in [-0.3, -0.25) is 10.1 Å². The summed E-state index contributed by atoms with van der Waals surface area (Å²) in [5, 5.41) is 22.8. The van der Waals surface area contributed by atoms with Crippen LogP contribution in [0.15, 0.2) is 21.9 Å². The first-order chi connectivity index (χ1) is 10.0. The number of rotatable bonds is 9. The molecule has 1 rings (SSSR count). The number of hydrogen-bond acceptors (Lipinski definition) is 8. The molecule has 4 N–H and O–H groups in total. The molecule has 0 aliphatic carbocycles. The number of nitrogens with two attached hydrogens (primary N) is 1. The van der Waals surface area contributed by atoms with Crippen molar-refractivity contribution in [2.45, 2.75) is 19.4 Å². The second-order valence-corrected chi connectivity index (χ2v) is 5.14. The molecule has 0 radical (unpaired) electrons. The molecule has 2 atom stereocenters. The zero-order valence-corrected chi connectivity index (χ0v) is 13.5. The number of carbonyl (C=O) groups excluding carboxylic acids is 1. The fourth-order valence-electron chi connectivity index (χ4n) is 1.45. The van der Waals surface area contributed by atoms with Gasteiger partial charge in [-0.2, -0.15) is 0 Å². The van der Waals surface area contributed by atoms with Crippen LogP contribution in [0.25, 0.3) is 0 Å². The molecule has 12 heteroatoms. The molecule has 1 aromatic heterocycles. The quantitative estimate of drug-likeness (QED) is 0.262. The molecule has 0 aromatic carbocycles. The summed E-state index contributed by atoms with van der Waals surface area (Å²) in [7, 11) is 0. The van der Waals surface area contributed by atoms with Crippen LogP contribution in [0.2, 0.25) is 0 Å². The van der Waals surface area contributed by atoms with Gasteiger partial charge in [0.15, 0.2) is 10.4 Å². The summed E-state index contributed by atoms with van der Waals surface area (Å²) in [5.74, 6) is -0.351. The summed E-state index contributed by atoms with van der Waals surface area (Å²) in [6.07, 6.45) is 2.22. The molecule has 0 bridgehead atoms. The van der Waals surface area contributed by atoms with Crippen molar-refractivity contribution >= 4 is 34.8 Å². The molecule has 0 spiro atoms. The van der Waals surface area contributed by atoms with Gasteiger partial charge in [0.25, 0.3) is 0 Å². The lowest BCUT2D eigenvalue weighted by atomic mass is 9.98. The second kappa shape index (κ2) is 11.0. The molecule has 0 saturated carbocycles. The van der Waals surface area contributed by atoms with E-state index in [-0.39, 0.29) is 30.9 Å². The highest BCUT2D eigenvalue weighted by atomic mass is 35.5. The lowest BCUT2D eigenvalue weighted by Crippen LogP contribution is -2.41. The summed E-state index contributed by atoms with van der Waals surface area (Å²) < 4.78 is 0. The highest BCUT2D eigenvalue weighted by Gasteiger charge is 2.21. The highest BCUT2D eigenvalue weighted by Crippen LogP contribution is 2.13. The van der Waals surface area contributed by atoms with Gasteiger partial charge >= 0.3 is 0 Å². The minimum absolute atomic E-state index is 0. The van der Waals surface area contributed by atoms with E-state index in [0.717, 1.165) is 0 Å². The third kappa shape index (κ3) is 7.93. The van der Waals surface area contributed by atoms with E-state index in [0.29, 0.717) is 18.1 Å². The number of halogens is 1. The van der Waals surface area contributed by atoms with Crippen LogP contribution in [-0.4, -0.2) is 35.2 Å². The number of thiazole rings is 1. The van der Waals surface area contributed by atoms with Gasteiger partial charge in [-0.25, -0.2) is 4.98 Å². The Morgan fingerprint density at radius 2 is 2.36 bits per heavy atom. The standard InChI is InChI=1S/C10H17N7O3S.ClH/c1-7(2-3-12-6-14-16-17(19)20)8(11)9(18)15-10-13-4-5-21-10;/h4-5,7-8,12H,2-3,6,11H2,1H3,(H,13,15,18);1H/b16-14+;/t7-,8+;/m1./s1. The van der Waals surface area contributed by atoms with Crippen LogP contribution in [0.1, 0.15) is 13.3 Å². The number of nitrogens with zero attached hydrogens (tertiary/aromatic N) is 4. The third-order valence-electron chi connectivity index (χ3n) is 2.67. The zero-order chi connectivity index (χ0) is 15.7. The van der Waals surface area contributed by atoms with Gasteiger partial charge in [-0.05, 0) is 18.9 Å². The maximum atomic E-state index is 11.9. The van der Waals surface area contributed by atoms with Gasteiger partial charge in [0.05, 0.1) is 16.2 Å². The van der Waals surface area contributed by atoms with Crippen LogP contribution in [0.3, 0.4) is 0 Å². The lowest BCUT2D eigenvalue weighted by Gasteiger charge is -2.18. The third-order valence-corrected chi connectivity index (χ3v) is 3.36. The Labute approximate surface area is 137 Å². The van der Waals surface area contributed by atoms with E-state index in [4.69, 9.17) is 5.73 Å². The number of hydrogen-bond donors (Lipinski definition) is 3. The van der Waals surface area contributed by atoms with Gasteiger partial charge < -0.3 is 21.2 Å². The molecular weight excluding hydrogens is 334 g/mol. The first kappa shape index (κ1) is 20.3. The van der Waals surface area contributed by atoms with Gasteiger partial charge in [-0.15, -0.1) is 23.7 Å². The van der Waals surface area contributed by atoms with E-state index in [1.165, 1.54) is 11.3 Å². The van der Waals surface area contributed by atoms with Crippen molar-refractivity contribution in [3.05, 3.63) is 21.7 Å². The maximum absolute atomic E-state index is 11.9. The molecule has 1 amide bonds. The Balaban J connectivity index is 0.00000441. The number of anilines is 1. The van der Waals surface area contributed by atoms with E-state index in [1.807, 2.05) is 6.92 Å². The largest absolute Gasteiger partial charge is 0.337 e. The number of amides is 1. The predicted molar refractivity (Wildman–Crippen MR) is 84.5 cm³/mol. The van der Waals surface area contributed by atoms with Crippen molar-refractivity contribution in [3.63, 3.8) is 0 Å². The maximum Gasteiger partial charge on any atom is 0.243 e. The van der Waals surface area contributed by atoms with Crippen LogP contribution >= 0.6 is 23.7 Å². The van der Waals surface area contributed by atoms with Gasteiger partial charge in [-0.1, -0.05) is 6.92 Å². The first-order valence-electron chi connectivity index (χ1n) is 6.19. The molecule has 22 heavy (non-hydrogen) atoms. The number of aromatic nitrogens is 1. The zero-order valence-electron chi connectivity index (χ0n) is 11.8. The summed E-state index contributed by atoms with van der Waals surface area (Å²) in [4.78, 5) is 25.7. The molecule has 124 valence electrons. The molecule has 1 heterocycles. The van der Waals surface area contributed by atoms with Crippen molar-refractivity contribution in [1.82, 2.24) is 10.3 Å². The van der Waals surface area contributed by atoms with Crippen LogP contribution in [0, 0.1) is 16.0 Å². The fourth-order valence-corrected chi connectivity index (χ4v) is 1.99. The monoisotopic (exact) mass is 351 g/mol. The number of carbonyl (C=O) groups is 1. The Morgan fingerprint density at radius 3 is 2.95 bits per heavy atom.